The first-order chi connectivity index (χ1) is 10.2. The molecule has 21 heavy (non-hydrogen) atoms. The Labute approximate surface area is 121 Å². The van der Waals surface area contributed by atoms with E-state index in [9.17, 15) is 4.79 Å². The maximum atomic E-state index is 11.0. The van der Waals surface area contributed by atoms with Crippen LogP contribution in [0.3, 0.4) is 0 Å². The lowest BCUT2D eigenvalue weighted by Gasteiger charge is -2.10. The molecule has 1 aromatic rings. The van der Waals surface area contributed by atoms with E-state index in [0.29, 0.717) is 17.1 Å². The highest BCUT2D eigenvalue weighted by Crippen LogP contribution is 2.33. The van der Waals surface area contributed by atoms with Gasteiger partial charge in [-0.3, -0.25) is 4.79 Å². The van der Waals surface area contributed by atoms with Crippen molar-refractivity contribution in [1.29, 1.82) is 5.26 Å². The molecule has 1 N–H and O–H groups in total. The quantitative estimate of drug-likeness (QED) is 0.794. The molecule has 1 aromatic carbocycles. The van der Waals surface area contributed by atoms with Crippen molar-refractivity contribution in [2.24, 2.45) is 0 Å². The van der Waals surface area contributed by atoms with Crippen LogP contribution in [0.15, 0.2) is 52.9 Å². The van der Waals surface area contributed by atoms with Gasteiger partial charge in [0.25, 0.3) is 0 Å². The molecule has 0 amide bonds. The van der Waals surface area contributed by atoms with E-state index in [1.54, 1.807) is 24.3 Å². The van der Waals surface area contributed by atoms with Crippen molar-refractivity contribution in [3.8, 4) is 28.5 Å². The van der Waals surface area contributed by atoms with Gasteiger partial charge in [-0.15, -0.1) is 0 Å². The number of nitrogens with zero attached hydrogens (tertiary/aromatic N) is 1. The van der Waals surface area contributed by atoms with E-state index in [0.717, 1.165) is 16.7 Å². The van der Waals surface area contributed by atoms with E-state index in [2.05, 4.69) is 6.07 Å². The second-order valence-electron chi connectivity index (χ2n) is 4.69. The van der Waals surface area contributed by atoms with Gasteiger partial charge in [-0.2, -0.15) is 5.26 Å². The largest absolute Gasteiger partial charge is 0.481 e. The summed E-state index contributed by atoms with van der Waals surface area (Å²) in [6, 6.07) is 16.6. The highest BCUT2D eigenvalue weighted by molar-refractivity contribution is 5.78. The molecule has 0 spiro atoms. The first kappa shape index (κ1) is 12.9. The Morgan fingerprint density at radius 2 is 1.90 bits per heavy atom. The van der Waals surface area contributed by atoms with Gasteiger partial charge in [0.2, 0.25) is 0 Å². The Kier molecular flexibility index (Phi) is 3.17. The van der Waals surface area contributed by atoms with Crippen LogP contribution in [-0.2, 0) is 11.2 Å². The number of carbonyl (C=O) groups is 1. The Morgan fingerprint density at radius 1 is 1.14 bits per heavy atom. The van der Waals surface area contributed by atoms with Gasteiger partial charge in [0, 0.05) is 11.1 Å². The van der Waals surface area contributed by atoms with Gasteiger partial charge in [0.1, 0.15) is 17.9 Å². The van der Waals surface area contributed by atoms with Crippen molar-refractivity contribution >= 4 is 5.97 Å². The van der Waals surface area contributed by atoms with Crippen molar-refractivity contribution in [3.05, 3.63) is 59.9 Å². The number of rotatable bonds is 3. The normalized spacial score (nSPS) is 10.4. The molecule has 0 fully saturated rings. The predicted octanol–water partition coefficient (Wildman–Crippen LogP) is 3.55. The number of hydrogen-bond acceptors (Lipinski definition) is 3. The second kappa shape index (κ2) is 5.14. The number of hydrogen-bond donors (Lipinski definition) is 1. The average Bonchev–Trinajstić information content (AvgIpc) is 2.95. The van der Waals surface area contributed by atoms with Gasteiger partial charge in [0.15, 0.2) is 0 Å². The lowest BCUT2D eigenvalue weighted by molar-refractivity contribution is -0.136. The predicted molar refractivity (Wildman–Crippen MR) is 76.8 cm³/mol. The molecule has 4 nitrogen and oxygen atoms in total. The van der Waals surface area contributed by atoms with E-state index in [-0.39, 0.29) is 6.42 Å². The molecule has 0 saturated heterocycles. The van der Waals surface area contributed by atoms with E-state index >= 15 is 0 Å². The Bertz CT molecular complexity index is 809. The summed E-state index contributed by atoms with van der Waals surface area (Å²) < 4.78 is 5.76. The molecular formula is C17H11NO3. The number of aliphatic carboxylic acids is 1. The van der Waals surface area contributed by atoms with Crippen molar-refractivity contribution < 1.29 is 14.3 Å². The van der Waals surface area contributed by atoms with Crippen LogP contribution in [0.4, 0.5) is 0 Å². The molecule has 0 atom stereocenters. The van der Waals surface area contributed by atoms with Crippen LogP contribution in [0.1, 0.15) is 11.3 Å². The Balaban J connectivity index is 2.11. The molecule has 0 radical (unpaired) electrons. The highest BCUT2D eigenvalue weighted by atomic mass is 16.4. The van der Waals surface area contributed by atoms with Gasteiger partial charge in [-0.25, -0.2) is 0 Å². The fourth-order valence-electron chi connectivity index (χ4n) is 2.29. The van der Waals surface area contributed by atoms with E-state index in [1.807, 2.05) is 24.3 Å². The topological polar surface area (TPSA) is 74.2 Å². The molecule has 0 bridgehead atoms. The minimum Gasteiger partial charge on any atom is -0.481 e. The first-order valence-corrected chi connectivity index (χ1v) is 6.41. The zero-order valence-electron chi connectivity index (χ0n) is 11.0. The van der Waals surface area contributed by atoms with Crippen LogP contribution in [0.5, 0.6) is 0 Å². The molecule has 4 heteroatoms. The number of nitriles is 1. The van der Waals surface area contributed by atoms with Crippen molar-refractivity contribution in [1.82, 2.24) is 0 Å². The molecule has 0 saturated carbocycles. The van der Waals surface area contributed by atoms with Gasteiger partial charge in [0.05, 0.1) is 11.6 Å². The number of benzene rings is 1. The monoisotopic (exact) mass is 277 g/mol. The van der Waals surface area contributed by atoms with E-state index < -0.39 is 5.97 Å². The maximum absolute atomic E-state index is 11.0. The maximum Gasteiger partial charge on any atom is 0.311 e. The van der Waals surface area contributed by atoms with Crippen molar-refractivity contribution in [2.75, 3.05) is 0 Å². The number of carboxylic acid groups (broad SMARTS) is 1. The third kappa shape index (κ3) is 2.49. The Hall–Kier alpha value is -3.06. The van der Waals surface area contributed by atoms with Crippen LogP contribution < -0.4 is 0 Å². The zero-order chi connectivity index (χ0) is 14.8. The molecule has 3 rings (SSSR count). The summed E-state index contributed by atoms with van der Waals surface area (Å²) >= 11 is 0. The summed E-state index contributed by atoms with van der Waals surface area (Å²) in [6.07, 6.45) is -0.162. The summed E-state index contributed by atoms with van der Waals surface area (Å²) in [5, 5.41) is 17.8. The summed E-state index contributed by atoms with van der Waals surface area (Å²) in [6.45, 7) is 0. The molecule has 0 aromatic heterocycles. The standard InChI is InChI=1S/C17H11NO3/c18-10-11-4-6-12(7-5-11)15-8-13-2-1-3-14(13)16(21-15)9-17(19)20/h1-8H,9H2,(H,19,20). The summed E-state index contributed by atoms with van der Waals surface area (Å²) in [7, 11) is 0. The smallest absolute Gasteiger partial charge is 0.311 e. The summed E-state index contributed by atoms with van der Waals surface area (Å²) in [5.74, 6) is 0.0945. The lowest BCUT2D eigenvalue weighted by atomic mass is 10.0. The van der Waals surface area contributed by atoms with Crippen molar-refractivity contribution in [3.63, 3.8) is 0 Å². The van der Waals surface area contributed by atoms with Crippen molar-refractivity contribution in [2.45, 2.75) is 6.42 Å². The van der Waals surface area contributed by atoms with E-state index in [1.165, 1.54) is 0 Å². The van der Waals surface area contributed by atoms with Gasteiger partial charge < -0.3 is 9.52 Å². The fraction of sp³-hybridized carbons (Fsp3) is 0.0588. The fourth-order valence-corrected chi connectivity index (χ4v) is 2.29. The van der Waals surface area contributed by atoms with Crippen LogP contribution in [0, 0.1) is 11.3 Å². The SMILES string of the molecule is N#Cc1ccc(-c2cc3cccc-3c(CC(=O)O)o2)cc1. The molecule has 1 aliphatic heterocycles. The van der Waals surface area contributed by atoms with Crippen LogP contribution in [-0.4, -0.2) is 11.1 Å². The first-order valence-electron chi connectivity index (χ1n) is 6.41. The van der Waals surface area contributed by atoms with Gasteiger partial charge >= 0.3 is 5.97 Å². The average molecular weight is 277 g/mol. The minimum atomic E-state index is -0.932. The lowest BCUT2D eigenvalue weighted by Crippen LogP contribution is -2.02. The molecule has 2 aliphatic rings. The molecule has 102 valence electrons. The van der Waals surface area contributed by atoms with Crippen LogP contribution >= 0.6 is 0 Å². The Morgan fingerprint density at radius 3 is 2.57 bits per heavy atom. The highest BCUT2D eigenvalue weighted by Gasteiger charge is 2.16. The summed E-state index contributed by atoms with van der Waals surface area (Å²) in [4.78, 5) is 11.0. The van der Waals surface area contributed by atoms with Gasteiger partial charge in [-0.05, 0) is 35.9 Å². The molecular weight excluding hydrogens is 266 g/mol. The molecule has 1 heterocycles. The third-order valence-corrected chi connectivity index (χ3v) is 3.28. The molecule has 1 aliphatic carbocycles. The second-order valence-corrected chi connectivity index (χ2v) is 4.69. The van der Waals surface area contributed by atoms with Crippen LogP contribution in [0.25, 0.3) is 22.5 Å². The molecule has 0 unspecified atom stereocenters. The van der Waals surface area contributed by atoms with Crippen LogP contribution in [0.2, 0.25) is 0 Å². The zero-order valence-corrected chi connectivity index (χ0v) is 11.0. The number of fused-ring (bicyclic) bond motifs is 1. The van der Waals surface area contributed by atoms with Gasteiger partial charge in [-0.1, -0.05) is 18.2 Å². The number of carboxylic acids is 1. The minimum absolute atomic E-state index is 0.162. The third-order valence-electron chi connectivity index (χ3n) is 3.28. The summed E-state index contributed by atoms with van der Waals surface area (Å²) in [5.41, 5.74) is 3.13. The van der Waals surface area contributed by atoms with E-state index in [4.69, 9.17) is 14.8 Å².